The summed E-state index contributed by atoms with van der Waals surface area (Å²) in [5.41, 5.74) is 1.21. The Balaban J connectivity index is 2.77. The summed E-state index contributed by atoms with van der Waals surface area (Å²) in [5, 5.41) is 0. The zero-order valence-electron chi connectivity index (χ0n) is 13.7. The molecule has 1 aliphatic carbocycles. The molecule has 2 aromatic carbocycles. The van der Waals surface area contributed by atoms with E-state index in [1.807, 2.05) is 0 Å². The monoisotopic (exact) mass is 463 g/mol. The summed E-state index contributed by atoms with van der Waals surface area (Å²) in [5.74, 6) is -2.47. The van der Waals surface area contributed by atoms with Crippen molar-refractivity contribution in [1.82, 2.24) is 0 Å². The van der Waals surface area contributed by atoms with E-state index in [-0.39, 0.29) is 5.56 Å². The van der Waals surface area contributed by atoms with Crippen LogP contribution < -0.4 is 5.73 Å². The second-order valence-electron chi connectivity index (χ2n) is 5.78. The number of nitrogen functional groups attached to an aromatic ring is 1. The summed E-state index contributed by atoms with van der Waals surface area (Å²) in [6.45, 7) is 0. The van der Waals surface area contributed by atoms with Crippen LogP contribution in [0, 0.1) is 0 Å². The zero-order valence-corrected chi connectivity index (χ0v) is 16.2. The number of carbonyl (C=O) groups is 2. The van der Waals surface area contributed by atoms with Gasteiger partial charge < -0.3 is 5.73 Å². The van der Waals surface area contributed by atoms with Gasteiger partial charge in [0.15, 0.2) is 11.6 Å². The lowest BCUT2D eigenvalue weighted by Crippen LogP contribution is -2.29. The van der Waals surface area contributed by atoms with Gasteiger partial charge in [-0.2, -0.15) is 25.3 Å². The molecule has 29 heavy (non-hydrogen) atoms. The zero-order chi connectivity index (χ0) is 22.1. The van der Waals surface area contributed by atoms with Gasteiger partial charge in [-0.15, -0.1) is 0 Å². The van der Waals surface area contributed by atoms with E-state index in [1.54, 1.807) is 0 Å². The van der Waals surface area contributed by atoms with E-state index in [2.05, 4.69) is 0 Å². The van der Waals surface area contributed by atoms with E-state index in [0.29, 0.717) is 0 Å². The van der Waals surface area contributed by atoms with Gasteiger partial charge in [0.25, 0.3) is 30.4 Å². The molecule has 0 amide bonds. The molecule has 0 radical (unpaired) electrons. The summed E-state index contributed by atoms with van der Waals surface area (Å²) >= 11 is 0. The number of benzene rings is 2. The molecule has 0 bridgehead atoms. The van der Waals surface area contributed by atoms with Crippen LogP contribution in [0.4, 0.5) is 5.69 Å². The van der Waals surface area contributed by atoms with Crippen LogP contribution in [0.25, 0.3) is 0 Å². The van der Waals surface area contributed by atoms with Crippen molar-refractivity contribution in [2.45, 2.75) is 14.7 Å². The highest BCUT2D eigenvalue weighted by molar-refractivity contribution is 7.90. The summed E-state index contributed by atoms with van der Waals surface area (Å²) < 4.78 is 99.3. The molecule has 0 fully saturated rings. The number of fused-ring (bicyclic) bond motifs is 2. The molecule has 3 rings (SSSR count). The summed E-state index contributed by atoms with van der Waals surface area (Å²) in [7, 11) is -17.3. The van der Waals surface area contributed by atoms with Gasteiger partial charge in [0.05, 0.1) is 16.8 Å². The van der Waals surface area contributed by atoms with Crippen molar-refractivity contribution in [3.63, 3.8) is 0 Å². The van der Waals surface area contributed by atoms with Gasteiger partial charge in [-0.3, -0.25) is 23.2 Å². The van der Waals surface area contributed by atoms with Gasteiger partial charge in [0.1, 0.15) is 14.7 Å². The lowest BCUT2D eigenvalue weighted by atomic mass is 9.83. The van der Waals surface area contributed by atoms with E-state index in [0.717, 1.165) is 12.1 Å². The number of ketones is 2. The highest BCUT2D eigenvalue weighted by Crippen LogP contribution is 2.43. The van der Waals surface area contributed by atoms with Crippen molar-refractivity contribution in [1.29, 1.82) is 0 Å². The molecule has 0 unspecified atom stereocenters. The lowest BCUT2D eigenvalue weighted by molar-refractivity contribution is 0.0976. The Morgan fingerprint density at radius 2 is 1.00 bits per heavy atom. The number of anilines is 1. The van der Waals surface area contributed by atoms with Gasteiger partial charge in [0.2, 0.25) is 0 Å². The van der Waals surface area contributed by atoms with Gasteiger partial charge >= 0.3 is 0 Å². The van der Waals surface area contributed by atoms with Crippen LogP contribution in [0.2, 0.25) is 0 Å². The van der Waals surface area contributed by atoms with Crippen LogP contribution >= 0.6 is 0 Å². The molecule has 1 aliphatic rings. The molecular formula is C14H9NO11S3. The minimum atomic E-state index is -5.83. The molecule has 0 spiro atoms. The maximum Gasteiger partial charge on any atom is 0.298 e. The van der Waals surface area contributed by atoms with Crippen LogP contribution in [0.3, 0.4) is 0 Å². The number of hydrogen-bond acceptors (Lipinski definition) is 9. The number of rotatable bonds is 3. The molecule has 0 heterocycles. The van der Waals surface area contributed by atoms with Crippen LogP contribution in [-0.4, -0.2) is 50.5 Å². The molecule has 2 aromatic rings. The fourth-order valence-corrected chi connectivity index (χ4v) is 6.55. The third-order valence-corrected chi connectivity index (χ3v) is 7.09. The van der Waals surface area contributed by atoms with Crippen LogP contribution in [-0.2, 0) is 30.4 Å². The van der Waals surface area contributed by atoms with Gasteiger partial charge in [-0.05, 0) is 0 Å². The van der Waals surface area contributed by atoms with Crippen molar-refractivity contribution < 1.29 is 48.5 Å². The van der Waals surface area contributed by atoms with E-state index >= 15 is 0 Å². The highest BCUT2D eigenvalue weighted by atomic mass is 32.2. The Morgan fingerprint density at radius 3 is 1.38 bits per heavy atom. The van der Waals surface area contributed by atoms with E-state index in [4.69, 9.17) is 5.73 Å². The van der Waals surface area contributed by atoms with Crippen LogP contribution in [0.1, 0.15) is 31.8 Å². The van der Waals surface area contributed by atoms with Crippen LogP contribution in [0.15, 0.2) is 39.0 Å². The van der Waals surface area contributed by atoms with E-state index in [1.165, 1.54) is 12.1 Å². The standard InChI is InChI=1S/C14H9NO11S3/c15-9-7-8(11(17)6-4-2-1-3-5(6)10(7)16)12(27(18,19)20)14(29(24,25)26)13(9)28(21,22)23/h1-4H,15H2,(H,18,19,20)(H,21,22,23)(H,24,25,26). The molecule has 0 aliphatic heterocycles. The van der Waals surface area contributed by atoms with E-state index in [9.17, 15) is 48.5 Å². The van der Waals surface area contributed by atoms with Gasteiger partial charge in [-0.1, -0.05) is 24.3 Å². The summed E-state index contributed by atoms with van der Waals surface area (Å²) in [6.07, 6.45) is 0. The molecule has 0 atom stereocenters. The lowest BCUT2D eigenvalue weighted by Gasteiger charge is -2.23. The topological polar surface area (TPSA) is 223 Å². The average molecular weight is 463 g/mol. The first-order valence-electron chi connectivity index (χ1n) is 7.18. The average Bonchev–Trinajstić information content (AvgIpc) is 2.55. The molecule has 12 nitrogen and oxygen atoms in total. The predicted octanol–water partition coefficient (Wildman–Crippen LogP) is -0.216. The van der Waals surface area contributed by atoms with Crippen molar-refractivity contribution in [2.75, 3.05) is 5.73 Å². The van der Waals surface area contributed by atoms with Gasteiger partial charge in [0, 0.05) is 11.1 Å². The third-order valence-electron chi connectivity index (χ3n) is 4.05. The SMILES string of the molecule is Nc1c2c(c(S(=O)(=O)O)c(S(=O)(=O)O)c1S(=O)(=O)O)C(=O)c1ccccc1C2=O. The first kappa shape index (κ1) is 21.0. The second kappa shape index (κ2) is 6.15. The molecule has 0 aromatic heterocycles. The normalized spacial score (nSPS) is 14.4. The molecule has 5 N–H and O–H groups in total. The number of carbonyl (C=O) groups excluding carboxylic acids is 2. The molecular weight excluding hydrogens is 454 g/mol. The smallest absolute Gasteiger partial charge is 0.298 e. The number of nitrogens with two attached hydrogens (primary N) is 1. The minimum absolute atomic E-state index is 0.320. The summed E-state index contributed by atoms with van der Waals surface area (Å²) in [4.78, 5) is 19.8. The Labute approximate surface area is 163 Å². The first-order valence-corrected chi connectivity index (χ1v) is 11.5. The van der Waals surface area contributed by atoms with Crippen molar-refractivity contribution in [3.8, 4) is 0 Å². The van der Waals surface area contributed by atoms with E-state index < -0.39 is 79.0 Å². The Hall–Kier alpha value is -2.69. The Kier molecular flexibility index (Phi) is 4.46. The number of hydrogen-bond donors (Lipinski definition) is 4. The second-order valence-corrected chi connectivity index (χ2v) is 9.86. The highest BCUT2D eigenvalue weighted by Gasteiger charge is 2.45. The Morgan fingerprint density at radius 1 is 0.621 bits per heavy atom. The molecule has 0 saturated heterocycles. The summed E-state index contributed by atoms with van der Waals surface area (Å²) in [6, 6.07) is 4.84. The van der Waals surface area contributed by atoms with Gasteiger partial charge in [-0.25, -0.2) is 0 Å². The maximum absolute atomic E-state index is 12.8. The largest absolute Gasteiger partial charge is 0.397 e. The molecule has 0 saturated carbocycles. The third kappa shape index (κ3) is 3.13. The predicted molar refractivity (Wildman–Crippen MR) is 93.6 cm³/mol. The first-order chi connectivity index (χ1) is 13.1. The fourth-order valence-electron chi connectivity index (χ4n) is 3.04. The molecule has 15 heteroatoms. The quantitative estimate of drug-likeness (QED) is 0.292. The fraction of sp³-hybridized carbons (Fsp3) is 0. The molecule has 154 valence electrons. The van der Waals surface area contributed by atoms with Crippen molar-refractivity contribution in [2.24, 2.45) is 0 Å². The van der Waals surface area contributed by atoms with Crippen LogP contribution in [0.5, 0.6) is 0 Å². The minimum Gasteiger partial charge on any atom is -0.397 e. The maximum atomic E-state index is 12.8. The Bertz CT molecular complexity index is 1450. The van der Waals surface area contributed by atoms with Crippen molar-refractivity contribution >= 4 is 47.6 Å². The van der Waals surface area contributed by atoms with Crippen molar-refractivity contribution in [3.05, 3.63) is 46.5 Å².